The topological polar surface area (TPSA) is 61.4 Å². The summed E-state index contributed by atoms with van der Waals surface area (Å²) in [7, 11) is 2.02. The van der Waals surface area contributed by atoms with E-state index in [0.717, 1.165) is 38.8 Å². The summed E-state index contributed by atoms with van der Waals surface area (Å²) in [4.78, 5) is 25.6. The molecule has 5 nitrogen and oxygen atoms in total. The Balaban J connectivity index is 3.46. The lowest BCUT2D eigenvalue weighted by atomic mass is 10.1. The van der Waals surface area contributed by atoms with Crippen LogP contribution in [-0.2, 0) is 9.59 Å². The van der Waals surface area contributed by atoms with Gasteiger partial charge >= 0.3 is 0 Å². The summed E-state index contributed by atoms with van der Waals surface area (Å²) < 4.78 is 0. The first-order chi connectivity index (χ1) is 12.6. The molecule has 0 rings (SSSR count). The van der Waals surface area contributed by atoms with Crippen LogP contribution in [0.25, 0.3) is 0 Å². The second kappa shape index (κ2) is 18.7. The fourth-order valence-electron chi connectivity index (χ4n) is 2.84. The molecule has 5 heteroatoms. The minimum atomic E-state index is 0.159. The highest BCUT2D eigenvalue weighted by atomic mass is 16.2. The van der Waals surface area contributed by atoms with E-state index in [0.29, 0.717) is 25.9 Å². The molecule has 0 aromatic rings. The highest BCUT2D eigenvalue weighted by Crippen LogP contribution is 2.05. The molecular formula is C21H43N3O2. The average Bonchev–Trinajstić information content (AvgIpc) is 2.61. The molecule has 0 saturated carbocycles. The van der Waals surface area contributed by atoms with Gasteiger partial charge in [0.25, 0.3) is 0 Å². The van der Waals surface area contributed by atoms with Gasteiger partial charge in [0.1, 0.15) is 0 Å². The van der Waals surface area contributed by atoms with Crippen LogP contribution < -0.4 is 10.6 Å². The smallest absolute Gasteiger partial charge is 0.220 e. The summed E-state index contributed by atoms with van der Waals surface area (Å²) in [5.74, 6) is 0.317. The third-order valence-corrected chi connectivity index (χ3v) is 4.65. The predicted octanol–water partition coefficient (Wildman–Crippen LogP) is 3.87. The van der Waals surface area contributed by atoms with Gasteiger partial charge in [-0.25, -0.2) is 0 Å². The van der Waals surface area contributed by atoms with Crippen LogP contribution in [0.1, 0.15) is 90.9 Å². The molecule has 0 aliphatic carbocycles. The van der Waals surface area contributed by atoms with Crippen molar-refractivity contribution in [2.24, 2.45) is 0 Å². The van der Waals surface area contributed by atoms with Crippen molar-refractivity contribution in [3.63, 3.8) is 0 Å². The Hall–Kier alpha value is -1.10. The number of amides is 2. The first-order valence-corrected chi connectivity index (χ1v) is 10.8. The van der Waals surface area contributed by atoms with E-state index in [-0.39, 0.29) is 11.8 Å². The number of nitrogens with zero attached hydrogens (tertiary/aromatic N) is 1. The highest BCUT2D eigenvalue weighted by molar-refractivity contribution is 5.76. The van der Waals surface area contributed by atoms with Crippen molar-refractivity contribution in [2.75, 3.05) is 33.2 Å². The Labute approximate surface area is 161 Å². The zero-order valence-electron chi connectivity index (χ0n) is 17.6. The number of carbonyl (C=O) groups is 2. The molecule has 0 aromatic carbocycles. The molecular weight excluding hydrogens is 326 g/mol. The van der Waals surface area contributed by atoms with Gasteiger partial charge in [0.15, 0.2) is 0 Å². The van der Waals surface area contributed by atoms with Gasteiger partial charge in [-0.2, -0.15) is 0 Å². The lowest BCUT2D eigenvalue weighted by Crippen LogP contribution is -2.37. The Morgan fingerprint density at radius 2 is 1.04 bits per heavy atom. The fraction of sp³-hybridized carbons (Fsp3) is 0.905. The number of likely N-dealkylation sites (N-methyl/N-ethyl adjacent to an activating group) is 1. The summed E-state index contributed by atoms with van der Waals surface area (Å²) in [5.41, 5.74) is 0. The average molecular weight is 370 g/mol. The van der Waals surface area contributed by atoms with Gasteiger partial charge in [-0.05, 0) is 19.9 Å². The number of nitrogens with one attached hydrogen (secondary N) is 2. The quantitative estimate of drug-likeness (QED) is 0.361. The zero-order valence-corrected chi connectivity index (χ0v) is 17.6. The number of hydrogen-bond acceptors (Lipinski definition) is 3. The van der Waals surface area contributed by atoms with Crippen LogP contribution in [0.4, 0.5) is 0 Å². The third kappa shape index (κ3) is 17.7. The van der Waals surface area contributed by atoms with E-state index in [1.807, 2.05) is 7.05 Å². The molecule has 2 amide bonds. The lowest BCUT2D eigenvalue weighted by molar-refractivity contribution is -0.121. The van der Waals surface area contributed by atoms with Crippen LogP contribution >= 0.6 is 0 Å². The van der Waals surface area contributed by atoms with Crippen molar-refractivity contribution in [3.05, 3.63) is 0 Å². The van der Waals surface area contributed by atoms with Crippen LogP contribution in [-0.4, -0.2) is 49.9 Å². The van der Waals surface area contributed by atoms with E-state index in [2.05, 4.69) is 29.4 Å². The molecule has 0 radical (unpaired) electrons. The van der Waals surface area contributed by atoms with E-state index < -0.39 is 0 Å². The van der Waals surface area contributed by atoms with Gasteiger partial charge < -0.3 is 15.5 Å². The van der Waals surface area contributed by atoms with Crippen LogP contribution in [0, 0.1) is 0 Å². The van der Waals surface area contributed by atoms with Gasteiger partial charge in [-0.15, -0.1) is 0 Å². The van der Waals surface area contributed by atoms with Crippen molar-refractivity contribution in [3.8, 4) is 0 Å². The maximum atomic E-state index is 11.7. The molecule has 0 unspecified atom stereocenters. The minimum Gasteiger partial charge on any atom is -0.355 e. The van der Waals surface area contributed by atoms with Crippen LogP contribution in [0.2, 0.25) is 0 Å². The Bertz CT molecular complexity index is 316. The molecule has 0 aliphatic rings. The maximum Gasteiger partial charge on any atom is 0.220 e. The summed E-state index contributed by atoms with van der Waals surface area (Å²) >= 11 is 0. The Morgan fingerprint density at radius 3 is 1.42 bits per heavy atom. The molecule has 154 valence electrons. The van der Waals surface area contributed by atoms with Gasteiger partial charge in [0.05, 0.1) is 0 Å². The van der Waals surface area contributed by atoms with E-state index in [9.17, 15) is 9.59 Å². The summed E-state index contributed by atoms with van der Waals surface area (Å²) in [5, 5.41) is 5.96. The van der Waals surface area contributed by atoms with Crippen molar-refractivity contribution in [1.29, 1.82) is 0 Å². The minimum absolute atomic E-state index is 0.159. The van der Waals surface area contributed by atoms with Gasteiger partial charge in [0, 0.05) is 39.0 Å². The Kier molecular flexibility index (Phi) is 17.9. The number of hydrogen-bond donors (Lipinski definition) is 2. The van der Waals surface area contributed by atoms with Gasteiger partial charge in [0.2, 0.25) is 11.8 Å². The largest absolute Gasteiger partial charge is 0.355 e. The van der Waals surface area contributed by atoms with E-state index >= 15 is 0 Å². The van der Waals surface area contributed by atoms with Crippen molar-refractivity contribution in [2.45, 2.75) is 90.9 Å². The van der Waals surface area contributed by atoms with E-state index in [1.165, 1.54) is 38.5 Å². The van der Waals surface area contributed by atoms with E-state index in [1.54, 1.807) is 0 Å². The second-order valence-electron chi connectivity index (χ2n) is 7.33. The zero-order chi connectivity index (χ0) is 19.5. The molecule has 26 heavy (non-hydrogen) atoms. The van der Waals surface area contributed by atoms with Crippen molar-refractivity contribution in [1.82, 2.24) is 15.5 Å². The SMILES string of the molecule is CCCCCCCC(=O)NCCN(C)CCNC(=O)CCCCCCC. The standard InChI is InChI=1S/C21H43N3O2/c1-4-6-8-10-12-14-20(25)22-16-18-24(3)19-17-23-21(26)15-13-11-9-7-5-2/h4-19H2,1-3H3,(H,22,25)(H,23,26). The summed E-state index contributed by atoms with van der Waals surface area (Å²) in [6.45, 7) is 7.38. The predicted molar refractivity (Wildman–Crippen MR) is 110 cm³/mol. The number of unbranched alkanes of at least 4 members (excludes halogenated alkanes) is 8. The molecule has 0 bridgehead atoms. The molecule has 0 spiro atoms. The summed E-state index contributed by atoms with van der Waals surface area (Å²) in [6, 6.07) is 0. The molecule has 0 saturated heterocycles. The molecule has 0 heterocycles. The monoisotopic (exact) mass is 369 g/mol. The highest BCUT2D eigenvalue weighted by Gasteiger charge is 2.04. The first-order valence-electron chi connectivity index (χ1n) is 10.8. The van der Waals surface area contributed by atoms with Crippen molar-refractivity contribution < 1.29 is 9.59 Å². The second-order valence-corrected chi connectivity index (χ2v) is 7.33. The van der Waals surface area contributed by atoms with E-state index in [4.69, 9.17) is 0 Å². The van der Waals surface area contributed by atoms with Crippen LogP contribution in [0.3, 0.4) is 0 Å². The number of rotatable bonds is 18. The normalized spacial score (nSPS) is 10.9. The first kappa shape index (κ1) is 24.9. The molecule has 0 atom stereocenters. The van der Waals surface area contributed by atoms with Crippen molar-refractivity contribution >= 4 is 11.8 Å². The maximum absolute atomic E-state index is 11.7. The van der Waals surface area contributed by atoms with Crippen LogP contribution in [0.15, 0.2) is 0 Å². The fourth-order valence-corrected chi connectivity index (χ4v) is 2.84. The molecule has 2 N–H and O–H groups in total. The number of carbonyl (C=O) groups excluding carboxylic acids is 2. The lowest BCUT2D eigenvalue weighted by Gasteiger charge is -2.17. The van der Waals surface area contributed by atoms with Crippen LogP contribution in [0.5, 0.6) is 0 Å². The molecule has 0 fully saturated rings. The van der Waals surface area contributed by atoms with Gasteiger partial charge in [-0.3, -0.25) is 9.59 Å². The molecule has 0 aromatic heterocycles. The Morgan fingerprint density at radius 1 is 0.654 bits per heavy atom. The summed E-state index contributed by atoms with van der Waals surface area (Å²) in [6.07, 6.45) is 13.0. The van der Waals surface area contributed by atoms with Gasteiger partial charge in [-0.1, -0.05) is 65.2 Å². The third-order valence-electron chi connectivity index (χ3n) is 4.65. The molecule has 0 aliphatic heterocycles.